The van der Waals surface area contributed by atoms with E-state index in [0.717, 1.165) is 31.0 Å². The van der Waals surface area contributed by atoms with Crippen molar-refractivity contribution in [2.45, 2.75) is 25.7 Å². The summed E-state index contributed by atoms with van der Waals surface area (Å²) >= 11 is 6.23. The van der Waals surface area contributed by atoms with Crippen molar-refractivity contribution < 1.29 is 27.5 Å². The molecule has 0 bridgehead atoms. The van der Waals surface area contributed by atoms with Crippen LogP contribution in [0.1, 0.15) is 25.3 Å². The van der Waals surface area contributed by atoms with Gasteiger partial charge in [-0.15, -0.1) is 0 Å². The number of carbonyl (C=O) groups excluding carboxylic acids is 2. The number of amides is 3. The second kappa shape index (κ2) is 9.79. The summed E-state index contributed by atoms with van der Waals surface area (Å²) in [5.41, 5.74) is -0.653. The highest BCUT2D eigenvalue weighted by atomic mass is 35.5. The molecule has 0 aliphatic heterocycles. The summed E-state index contributed by atoms with van der Waals surface area (Å²) in [6, 6.07) is 7.95. The average Bonchev–Trinajstić information content (AvgIpc) is 3.62. The number of nitrogens with one attached hydrogen (secondary N) is 3. The van der Waals surface area contributed by atoms with E-state index < -0.39 is 23.3 Å². The van der Waals surface area contributed by atoms with E-state index in [1.807, 2.05) is 0 Å². The van der Waals surface area contributed by atoms with Crippen LogP contribution < -0.4 is 20.7 Å². The highest BCUT2D eigenvalue weighted by Crippen LogP contribution is 2.33. The number of nitrogens with zero attached hydrogens (tertiary/aromatic N) is 2. The zero-order valence-corrected chi connectivity index (χ0v) is 19.0. The fraction of sp³-hybridized carbons (Fsp3) is 0.217. The monoisotopic (exact) mass is 505 g/mol. The Morgan fingerprint density at radius 2 is 1.83 bits per heavy atom. The maximum absolute atomic E-state index is 13.6. The number of benzene rings is 2. The SMILES string of the molecule is CC(F)(F)c1cc(NC(=O)Nc2ccc(Oc3cc(NC(=O)C4CC4)ncn3)cc2Cl)ccc1F. The summed E-state index contributed by atoms with van der Waals surface area (Å²) in [6.07, 6.45) is 2.96. The number of anilines is 3. The zero-order chi connectivity index (χ0) is 25.2. The number of hydrogen-bond acceptors (Lipinski definition) is 5. The van der Waals surface area contributed by atoms with Crippen LogP contribution in [0, 0.1) is 11.7 Å². The molecule has 1 aromatic heterocycles. The first-order valence-corrected chi connectivity index (χ1v) is 10.8. The minimum absolute atomic E-state index is 0.0167. The van der Waals surface area contributed by atoms with Gasteiger partial charge in [-0.1, -0.05) is 11.6 Å². The zero-order valence-electron chi connectivity index (χ0n) is 18.2. The van der Waals surface area contributed by atoms with Gasteiger partial charge in [-0.3, -0.25) is 4.79 Å². The summed E-state index contributed by atoms with van der Waals surface area (Å²) in [5.74, 6) is -3.81. The van der Waals surface area contributed by atoms with Crippen LogP contribution in [0.25, 0.3) is 0 Å². The highest BCUT2D eigenvalue weighted by Gasteiger charge is 2.30. The van der Waals surface area contributed by atoms with Gasteiger partial charge in [0, 0.05) is 30.7 Å². The summed E-state index contributed by atoms with van der Waals surface area (Å²) in [6.45, 7) is 0.561. The highest BCUT2D eigenvalue weighted by molar-refractivity contribution is 6.34. The van der Waals surface area contributed by atoms with Crippen LogP contribution in [0.2, 0.25) is 5.02 Å². The number of hydrogen-bond donors (Lipinski definition) is 3. The van der Waals surface area contributed by atoms with E-state index in [1.54, 1.807) is 0 Å². The average molecular weight is 506 g/mol. The lowest BCUT2D eigenvalue weighted by atomic mass is 10.1. The van der Waals surface area contributed by atoms with Gasteiger partial charge in [0.15, 0.2) is 0 Å². The standard InChI is InChI=1S/C23H19ClF3N5O3/c1-23(26,27)15-8-13(4-6-17(15)25)30-22(34)31-18-7-5-14(9-16(18)24)35-20-10-19(28-11-29-20)32-21(33)12-2-3-12/h4-12H,2-3H2,1H3,(H2,30,31,34)(H,28,29,32,33). The van der Waals surface area contributed by atoms with Crippen LogP contribution in [0.3, 0.4) is 0 Å². The van der Waals surface area contributed by atoms with Crippen LogP contribution in [0.5, 0.6) is 11.6 Å². The number of ether oxygens (including phenoxy) is 1. The molecule has 1 fully saturated rings. The molecule has 0 atom stereocenters. The van der Waals surface area contributed by atoms with Crippen molar-refractivity contribution in [2.75, 3.05) is 16.0 Å². The fourth-order valence-corrected chi connectivity index (χ4v) is 3.26. The Hall–Kier alpha value is -3.86. The Labute approximate surface area is 202 Å². The van der Waals surface area contributed by atoms with Crippen LogP contribution >= 0.6 is 11.6 Å². The molecule has 0 radical (unpaired) electrons. The third-order valence-corrected chi connectivity index (χ3v) is 5.26. The summed E-state index contributed by atoms with van der Waals surface area (Å²) in [5, 5.41) is 7.65. The van der Waals surface area contributed by atoms with Crippen molar-refractivity contribution in [3.63, 3.8) is 0 Å². The van der Waals surface area contributed by atoms with E-state index in [2.05, 4.69) is 25.9 Å². The van der Waals surface area contributed by atoms with E-state index in [0.29, 0.717) is 18.5 Å². The Bertz CT molecular complexity index is 1280. The smallest absolute Gasteiger partial charge is 0.323 e. The van der Waals surface area contributed by atoms with Gasteiger partial charge in [0.25, 0.3) is 5.92 Å². The van der Waals surface area contributed by atoms with Gasteiger partial charge in [0.1, 0.15) is 23.7 Å². The van der Waals surface area contributed by atoms with Crippen molar-refractivity contribution in [1.82, 2.24) is 9.97 Å². The largest absolute Gasteiger partial charge is 0.439 e. The van der Waals surface area contributed by atoms with E-state index in [-0.39, 0.29) is 34.1 Å². The molecule has 0 saturated heterocycles. The van der Waals surface area contributed by atoms with Gasteiger partial charge in [0.05, 0.1) is 16.3 Å². The summed E-state index contributed by atoms with van der Waals surface area (Å²) in [7, 11) is 0. The van der Waals surface area contributed by atoms with E-state index in [9.17, 15) is 22.8 Å². The molecule has 1 aliphatic rings. The number of alkyl halides is 2. The van der Waals surface area contributed by atoms with Gasteiger partial charge < -0.3 is 20.7 Å². The molecule has 0 unspecified atom stereocenters. The van der Waals surface area contributed by atoms with Gasteiger partial charge in [0.2, 0.25) is 11.8 Å². The molecule has 2 aromatic carbocycles. The maximum atomic E-state index is 13.6. The molecule has 35 heavy (non-hydrogen) atoms. The second-order valence-electron chi connectivity index (χ2n) is 7.91. The molecule has 3 aromatic rings. The summed E-state index contributed by atoms with van der Waals surface area (Å²) < 4.78 is 46.3. The lowest BCUT2D eigenvalue weighted by Crippen LogP contribution is -2.20. The number of carbonyl (C=O) groups is 2. The van der Waals surface area contributed by atoms with Crippen molar-refractivity contribution in [1.29, 1.82) is 0 Å². The van der Waals surface area contributed by atoms with Gasteiger partial charge in [-0.25, -0.2) is 27.9 Å². The van der Waals surface area contributed by atoms with Crippen LogP contribution in [0.15, 0.2) is 48.8 Å². The molecule has 4 rings (SSSR count). The summed E-state index contributed by atoms with van der Waals surface area (Å²) in [4.78, 5) is 32.2. The predicted molar refractivity (Wildman–Crippen MR) is 124 cm³/mol. The van der Waals surface area contributed by atoms with Crippen molar-refractivity contribution in [3.8, 4) is 11.6 Å². The molecule has 3 amide bonds. The molecular weight excluding hydrogens is 487 g/mol. The fourth-order valence-electron chi connectivity index (χ4n) is 3.04. The van der Waals surface area contributed by atoms with E-state index in [4.69, 9.17) is 16.3 Å². The first-order valence-electron chi connectivity index (χ1n) is 10.4. The Balaban J connectivity index is 1.39. The van der Waals surface area contributed by atoms with E-state index >= 15 is 0 Å². The first-order chi connectivity index (χ1) is 16.6. The van der Waals surface area contributed by atoms with Gasteiger partial charge in [-0.05, 0) is 43.2 Å². The van der Waals surface area contributed by atoms with Crippen molar-refractivity contribution in [2.24, 2.45) is 5.92 Å². The molecule has 0 spiro atoms. The number of halogens is 4. The second-order valence-corrected chi connectivity index (χ2v) is 8.32. The van der Waals surface area contributed by atoms with Crippen molar-refractivity contribution in [3.05, 3.63) is 65.2 Å². The number of urea groups is 1. The number of rotatable bonds is 7. The minimum Gasteiger partial charge on any atom is -0.439 e. The molecule has 1 aliphatic carbocycles. The Kier molecular flexibility index (Phi) is 6.79. The van der Waals surface area contributed by atoms with Crippen LogP contribution in [-0.2, 0) is 10.7 Å². The lowest BCUT2D eigenvalue weighted by molar-refractivity contribution is -0.117. The van der Waals surface area contributed by atoms with Crippen LogP contribution in [0.4, 0.5) is 35.2 Å². The topological polar surface area (TPSA) is 105 Å². The lowest BCUT2D eigenvalue weighted by Gasteiger charge is -2.14. The molecule has 8 nitrogen and oxygen atoms in total. The van der Waals surface area contributed by atoms with Gasteiger partial charge >= 0.3 is 6.03 Å². The Morgan fingerprint density at radius 3 is 2.51 bits per heavy atom. The molecule has 3 N–H and O–H groups in total. The predicted octanol–water partition coefficient (Wildman–Crippen LogP) is 6.17. The maximum Gasteiger partial charge on any atom is 0.323 e. The minimum atomic E-state index is -3.41. The number of aromatic nitrogens is 2. The third-order valence-electron chi connectivity index (χ3n) is 4.95. The van der Waals surface area contributed by atoms with Crippen molar-refractivity contribution >= 4 is 40.7 Å². The third kappa shape index (κ3) is 6.38. The molecule has 182 valence electrons. The Morgan fingerprint density at radius 1 is 1.06 bits per heavy atom. The van der Waals surface area contributed by atoms with Gasteiger partial charge in [-0.2, -0.15) is 0 Å². The molecule has 1 saturated carbocycles. The van der Waals surface area contributed by atoms with E-state index in [1.165, 1.54) is 30.6 Å². The quantitative estimate of drug-likeness (QED) is 0.356. The molecule has 12 heteroatoms. The van der Waals surface area contributed by atoms with Crippen LogP contribution in [-0.4, -0.2) is 21.9 Å². The molecular formula is C23H19ClF3N5O3. The first kappa shape index (κ1) is 24.3. The normalized spacial score (nSPS) is 13.2. The molecule has 1 heterocycles.